The third-order valence-corrected chi connectivity index (χ3v) is 3.89. The number of pyridine rings is 1. The number of aromatic nitrogens is 1. The van der Waals surface area contributed by atoms with E-state index >= 15 is 0 Å². The van der Waals surface area contributed by atoms with E-state index in [0.29, 0.717) is 12.1 Å². The molecule has 1 aliphatic rings. The number of amides is 1. The van der Waals surface area contributed by atoms with Crippen LogP contribution in [0.3, 0.4) is 0 Å². The fourth-order valence-corrected chi connectivity index (χ4v) is 2.96. The lowest BCUT2D eigenvalue weighted by Crippen LogP contribution is -2.45. The van der Waals surface area contributed by atoms with Crippen molar-refractivity contribution in [1.29, 1.82) is 0 Å². The van der Waals surface area contributed by atoms with Gasteiger partial charge in [-0.3, -0.25) is 9.78 Å². The van der Waals surface area contributed by atoms with Crippen molar-refractivity contribution in [2.75, 3.05) is 6.54 Å². The van der Waals surface area contributed by atoms with E-state index in [0.717, 1.165) is 6.54 Å². The van der Waals surface area contributed by atoms with Gasteiger partial charge < -0.3 is 4.90 Å². The van der Waals surface area contributed by atoms with Gasteiger partial charge in [0.15, 0.2) is 0 Å². The Hall–Kier alpha value is -2.16. The maximum absolute atomic E-state index is 12.6. The molecule has 1 aliphatic heterocycles. The number of carbonyl (C=O) groups excluding carboxylic acids is 1. The monoisotopic (exact) mass is 266 g/mol. The Morgan fingerprint density at radius 2 is 2.00 bits per heavy atom. The molecule has 1 aromatic heterocycles. The van der Waals surface area contributed by atoms with Crippen LogP contribution >= 0.6 is 0 Å². The lowest BCUT2D eigenvalue weighted by Gasteiger charge is -2.40. The smallest absolute Gasteiger partial charge is 0.255 e. The Labute approximate surface area is 119 Å². The third-order valence-electron chi connectivity index (χ3n) is 3.89. The molecule has 3 heteroatoms. The minimum atomic E-state index is -0.0211. The molecule has 0 atom stereocenters. The normalized spacial score (nSPS) is 16.6. The lowest BCUT2D eigenvalue weighted by atomic mass is 9.78. The van der Waals surface area contributed by atoms with E-state index in [1.54, 1.807) is 18.5 Å². The molecule has 0 saturated heterocycles. The lowest BCUT2D eigenvalue weighted by molar-refractivity contribution is 0.0686. The highest BCUT2D eigenvalue weighted by molar-refractivity contribution is 5.94. The summed E-state index contributed by atoms with van der Waals surface area (Å²) in [5.74, 6) is 0.0562. The average Bonchev–Trinajstić information content (AvgIpc) is 2.47. The van der Waals surface area contributed by atoms with Gasteiger partial charge in [-0.2, -0.15) is 0 Å². The van der Waals surface area contributed by atoms with Gasteiger partial charge in [0.25, 0.3) is 5.91 Å². The number of carbonyl (C=O) groups is 1. The van der Waals surface area contributed by atoms with Crippen LogP contribution in [0.4, 0.5) is 0 Å². The molecule has 2 heterocycles. The zero-order valence-corrected chi connectivity index (χ0v) is 11.8. The summed E-state index contributed by atoms with van der Waals surface area (Å²) in [6.45, 7) is 5.79. The van der Waals surface area contributed by atoms with E-state index < -0.39 is 0 Å². The first-order valence-electron chi connectivity index (χ1n) is 6.86. The number of fused-ring (bicyclic) bond motifs is 1. The zero-order chi connectivity index (χ0) is 14.2. The van der Waals surface area contributed by atoms with Gasteiger partial charge in [-0.15, -0.1) is 0 Å². The van der Waals surface area contributed by atoms with E-state index in [9.17, 15) is 4.79 Å². The third kappa shape index (κ3) is 2.20. The Bertz CT molecular complexity index is 634. The van der Waals surface area contributed by atoms with Crippen LogP contribution in [0.1, 0.15) is 35.3 Å². The summed E-state index contributed by atoms with van der Waals surface area (Å²) in [5, 5.41) is 0. The van der Waals surface area contributed by atoms with Crippen molar-refractivity contribution in [3.05, 3.63) is 65.5 Å². The van der Waals surface area contributed by atoms with Gasteiger partial charge in [0.1, 0.15) is 0 Å². The number of nitrogens with zero attached hydrogens (tertiary/aromatic N) is 2. The van der Waals surface area contributed by atoms with E-state index in [2.05, 4.69) is 37.0 Å². The van der Waals surface area contributed by atoms with Crippen LogP contribution in [-0.2, 0) is 12.0 Å². The molecule has 3 nitrogen and oxygen atoms in total. The molecule has 0 saturated carbocycles. The summed E-state index contributed by atoms with van der Waals surface area (Å²) >= 11 is 0. The Kier molecular flexibility index (Phi) is 3.05. The highest BCUT2D eigenvalue weighted by Gasteiger charge is 2.33. The fourth-order valence-electron chi connectivity index (χ4n) is 2.96. The van der Waals surface area contributed by atoms with Crippen LogP contribution in [0.25, 0.3) is 0 Å². The topological polar surface area (TPSA) is 33.2 Å². The van der Waals surface area contributed by atoms with E-state index in [1.165, 1.54) is 11.1 Å². The first-order chi connectivity index (χ1) is 9.58. The predicted octanol–water partition coefficient (Wildman–Crippen LogP) is 3.02. The van der Waals surface area contributed by atoms with Gasteiger partial charge in [-0.1, -0.05) is 38.1 Å². The number of hydrogen-bond acceptors (Lipinski definition) is 2. The average molecular weight is 266 g/mol. The highest BCUT2D eigenvalue weighted by Crippen LogP contribution is 2.33. The first kappa shape index (κ1) is 12.9. The van der Waals surface area contributed by atoms with Crippen LogP contribution in [0, 0.1) is 0 Å². The summed E-state index contributed by atoms with van der Waals surface area (Å²) in [4.78, 5) is 18.5. The van der Waals surface area contributed by atoms with Crippen LogP contribution in [0.2, 0.25) is 0 Å². The first-order valence-corrected chi connectivity index (χ1v) is 6.86. The van der Waals surface area contributed by atoms with Crippen LogP contribution < -0.4 is 0 Å². The van der Waals surface area contributed by atoms with Gasteiger partial charge in [0.2, 0.25) is 0 Å². The molecule has 1 aromatic carbocycles. The van der Waals surface area contributed by atoms with Crippen molar-refractivity contribution in [3.8, 4) is 0 Å². The van der Waals surface area contributed by atoms with E-state index in [-0.39, 0.29) is 11.3 Å². The Balaban J connectivity index is 1.94. The molecule has 0 fully saturated rings. The molecule has 0 radical (unpaired) electrons. The molecule has 1 amide bonds. The van der Waals surface area contributed by atoms with Gasteiger partial charge in [0.05, 0.1) is 5.56 Å². The second-order valence-electron chi connectivity index (χ2n) is 5.94. The molecular formula is C17H18N2O. The molecule has 0 aliphatic carbocycles. The van der Waals surface area contributed by atoms with Crippen molar-refractivity contribution < 1.29 is 4.79 Å². The van der Waals surface area contributed by atoms with Gasteiger partial charge >= 0.3 is 0 Å². The quantitative estimate of drug-likeness (QED) is 0.795. The minimum Gasteiger partial charge on any atom is -0.333 e. The molecule has 0 unspecified atom stereocenters. The molecule has 3 rings (SSSR count). The minimum absolute atomic E-state index is 0.0211. The van der Waals surface area contributed by atoms with Crippen molar-refractivity contribution in [3.63, 3.8) is 0 Å². The maximum atomic E-state index is 12.6. The Morgan fingerprint density at radius 1 is 1.20 bits per heavy atom. The maximum Gasteiger partial charge on any atom is 0.255 e. The zero-order valence-electron chi connectivity index (χ0n) is 11.8. The molecular weight excluding hydrogens is 248 g/mol. The molecule has 2 aromatic rings. The highest BCUT2D eigenvalue weighted by atomic mass is 16.2. The predicted molar refractivity (Wildman–Crippen MR) is 78.4 cm³/mol. The summed E-state index contributed by atoms with van der Waals surface area (Å²) in [5.41, 5.74) is 3.21. The largest absolute Gasteiger partial charge is 0.333 e. The summed E-state index contributed by atoms with van der Waals surface area (Å²) in [6.07, 6.45) is 3.32. The van der Waals surface area contributed by atoms with Gasteiger partial charge in [-0.05, 0) is 23.3 Å². The van der Waals surface area contributed by atoms with Crippen LogP contribution in [-0.4, -0.2) is 22.3 Å². The van der Waals surface area contributed by atoms with Crippen molar-refractivity contribution in [2.24, 2.45) is 0 Å². The molecule has 20 heavy (non-hydrogen) atoms. The number of rotatable bonds is 1. The SMILES string of the molecule is CC1(C)CN(C(=O)c2cccnc2)Cc2ccccc21. The van der Waals surface area contributed by atoms with Crippen molar-refractivity contribution in [1.82, 2.24) is 9.88 Å². The van der Waals surface area contributed by atoms with E-state index in [1.807, 2.05) is 17.0 Å². The van der Waals surface area contributed by atoms with Crippen molar-refractivity contribution in [2.45, 2.75) is 25.8 Å². The van der Waals surface area contributed by atoms with E-state index in [4.69, 9.17) is 0 Å². The summed E-state index contributed by atoms with van der Waals surface area (Å²) in [6, 6.07) is 12.0. The molecule has 0 spiro atoms. The second kappa shape index (κ2) is 4.75. The number of hydrogen-bond donors (Lipinski definition) is 0. The second-order valence-corrected chi connectivity index (χ2v) is 5.94. The molecule has 0 N–H and O–H groups in total. The fraction of sp³-hybridized carbons (Fsp3) is 0.294. The van der Waals surface area contributed by atoms with Gasteiger partial charge in [-0.25, -0.2) is 0 Å². The molecule has 0 bridgehead atoms. The van der Waals surface area contributed by atoms with Crippen molar-refractivity contribution >= 4 is 5.91 Å². The number of benzene rings is 1. The summed E-state index contributed by atoms with van der Waals surface area (Å²) < 4.78 is 0. The summed E-state index contributed by atoms with van der Waals surface area (Å²) in [7, 11) is 0. The van der Waals surface area contributed by atoms with Crippen LogP contribution in [0.5, 0.6) is 0 Å². The van der Waals surface area contributed by atoms with Gasteiger partial charge in [0, 0.05) is 30.9 Å². The standard InChI is InChI=1S/C17H18N2O/c1-17(2)12-19(11-14-6-3-4-8-15(14)17)16(20)13-7-5-9-18-10-13/h3-10H,11-12H2,1-2H3. The molecule has 102 valence electrons. The Morgan fingerprint density at radius 3 is 2.75 bits per heavy atom. The van der Waals surface area contributed by atoms with Crippen LogP contribution in [0.15, 0.2) is 48.8 Å².